The molecule has 0 radical (unpaired) electrons. The fraction of sp³-hybridized carbons (Fsp3) is 0.450. The third kappa shape index (κ3) is 3.72. The molecule has 29 heavy (non-hydrogen) atoms. The minimum absolute atomic E-state index is 0.0958. The van der Waals surface area contributed by atoms with Gasteiger partial charge in [-0.25, -0.2) is 13.9 Å². The van der Waals surface area contributed by atoms with E-state index in [0.717, 1.165) is 47.3 Å². The van der Waals surface area contributed by atoms with Crippen LogP contribution in [0.4, 0.5) is 9.52 Å². The van der Waals surface area contributed by atoms with Crippen LogP contribution in [0.5, 0.6) is 0 Å². The van der Waals surface area contributed by atoms with Gasteiger partial charge in [-0.2, -0.15) is 0 Å². The number of benzene rings is 1. The predicted octanol–water partition coefficient (Wildman–Crippen LogP) is 2.67. The molecule has 2 saturated heterocycles. The summed E-state index contributed by atoms with van der Waals surface area (Å²) in [4.78, 5) is 22.3. The Morgan fingerprint density at radius 3 is 2.52 bits per heavy atom. The lowest BCUT2D eigenvalue weighted by atomic mass is 9.95. The SMILES string of the molecule is O=C(C1CCN(c2nn3cc(-c4ccc(F)cc4)nc3s2)CC1)N1CCOCC1. The molecule has 3 aromatic rings. The molecule has 1 aromatic carbocycles. The summed E-state index contributed by atoms with van der Waals surface area (Å²) in [6, 6.07) is 6.31. The normalized spacial score (nSPS) is 18.5. The van der Waals surface area contributed by atoms with E-state index in [1.54, 1.807) is 28.0 Å². The Hall–Kier alpha value is -2.52. The van der Waals surface area contributed by atoms with Gasteiger partial charge in [0, 0.05) is 37.7 Å². The van der Waals surface area contributed by atoms with Crippen molar-refractivity contribution in [3.8, 4) is 11.3 Å². The number of morpholine rings is 1. The molecule has 9 heteroatoms. The Balaban J connectivity index is 1.24. The first-order chi connectivity index (χ1) is 14.2. The van der Waals surface area contributed by atoms with Crippen molar-refractivity contribution < 1.29 is 13.9 Å². The van der Waals surface area contributed by atoms with E-state index in [-0.39, 0.29) is 17.6 Å². The summed E-state index contributed by atoms with van der Waals surface area (Å²) in [6.07, 6.45) is 3.56. The quantitative estimate of drug-likeness (QED) is 0.658. The predicted molar refractivity (Wildman–Crippen MR) is 109 cm³/mol. The summed E-state index contributed by atoms with van der Waals surface area (Å²) in [5.74, 6) is 0.106. The molecule has 7 nitrogen and oxygen atoms in total. The number of carbonyl (C=O) groups is 1. The molecular formula is C20H22FN5O2S. The summed E-state index contributed by atoms with van der Waals surface area (Å²) in [5.41, 5.74) is 1.65. The highest BCUT2D eigenvalue weighted by Gasteiger charge is 2.30. The zero-order valence-electron chi connectivity index (χ0n) is 16.0. The third-order valence-corrected chi connectivity index (χ3v) is 6.59. The number of carbonyl (C=O) groups excluding carboxylic acids is 1. The van der Waals surface area contributed by atoms with Gasteiger partial charge in [0.25, 0.3) is 0 Å². The molecule has 0 atom stereocenters. The van der Waals surface area contributed by atoms with Gasteiger partial charge in [0.1, 0.15) is 5.82 Å². The van der Waals surface area contributed by atoms with Gasteiger partial charge in [-0.05, 0) is 37.1 Å². The number of hydrogen-bond donors (Lipinski definition) is 0. The summed E-state index contributed by atoms with van der Waals surface area (Å²) in [5, 5.41) is 5.60. The number of fused-ring (bicyclic) bond motifs is 1. The average Bonchev–Trinajstić information content (AvgIpc) is 3.34. The van der Waals surface area contributed by atoms with Crippen molar-refractivity contribution in [2.45, 2.75) is 12.8 Å². The molecule has 2 aliphatic heterocycles. The molecule has 1 amide bonds. The molecule has 0 bridgehead atoms. The molecule has 5 rings (SSSR count). The standard InChI is InChI=1S/C20H22FN5O2S/c21-16-3-1-14(2-4-16)17-13-26-19(22-17)29-20(23-26)25-7-5-15(6-8-25)18(27)24-9-11-28-12-10-24/h1-4,13,15H,5-12H2. The number of halogens is 1. The van der Waals surface area contributed by atoms with Gasteiger partial charge >= 0.3 is 0 Å². The molecule has 152 valence electrons. The number of nitrogens with zero attached hydrogens (tertiary/aromatic N) is 5. The van der Waals surface area contributed by atoms with Gasteiger partial charge in [0.15, 0.2) is 0 Å². The second-order valence-electron chi connectivity index (χ2n) is 7.44. The topological polar surface area (TPSA) is 63.0 Å². The maximum absolute atomic E-state index is 13.1. The number of hydrogen-bond acceptors (Lipinski definition) is 6. The highest BCUT2D eigenvalue weighted by atomic mass is 32.1. The Morgan fingerprint density at radius 1 is 1.10 bits per heavy atom. The van der Waals surface area contributed by atoms with E-state index in [9.17, 15) is 9.18 Å². The van der Waals surface area contributed by atoms with Gasteiger partial charge in [-0.1, -0.05) is 11.3 Å². The van der Waals surface area contributed by atoms with Crippen molar-refractivity contribution in [2.75, 3.05) is 44.3 Å². The Morgan fingerprint density at radius 2 is 1.83 bits per heavy atom. The fourth-order valence-electron chi connectivity index (χ4n) is 3.94. The van der Waals surface area contributed by atoms with Crippen molar-refractivity contribution >= 4 is 27.3 Å². The van der Waals surface area contributed by atoms with Crippen LogP contribution in [0.2, 0.25) is 0 Å². The van der Waals surface area contributed by atoms with Crippen LogP contribution in [0.3, 0.4) is 0 Å². The highest BCUT2D eigenvalue weighted by molar-refractivity contribution is 7.20. The van der Waals surface area contributed by atoms with Crippen molar-refractivity contribution in [3.05, 3.63) is 36.3 Å². The number of amides is 1. The highest BCUT2D eigenvalue weighted by Crippen LogP contribution is 2.30. The summed E-state index contributed by atoms with van der Waals surface area (Å²) < 4.78 is 20.2. The van der Waals surface area contributed by atoms with Crippen LogP contribution in [0, 0.1) is 11.7 Å². The van der Waals surface area contributed by atoms with Crippen LogP contribution < -0.4 is 4.90 Å². The van der Waals surface area contributed by atoms with Crippen molar-refractivity contribution in [3.63, 3.8) is 0 Å². The monoisotopic (exact) mass is 415 g/mol. The minimum atomic E-state index is -0.259. The van der Waals surface area contributed by atoms with E-state index in [4.69, 9.17) is 4.74 Å². The lowest BCUT2D eigenvalue weighted by Crippen LogP contribution is -2.46. The number of anilines is 1. The maximum Gasteiger partial charge on any atom is 0.225 e. The van der Waals surface area contributed by atoms with Gasteiger partial charge in [-0.15, -0.1) is 5.10 Å². The third-order valence-electron chi connectivity index (χ3n) is 5.61. The van der Waals surface area contributed by atoms with E-state index in [1.807, 2.05) is 11.1 Å². The lowest BCUT2D eigenvalue weighted by Gasteiger charge is -2.35. The first kappa shape index (κ1) is 18.5. The average molecular weight is 415 g/mol. The molecule has 2 aliphatic rings. The largest absolute Gasteiger partial charge is 0.378 e. The van der Waals surface area contributed by atoms with Crippen molar-refractivity contribution in [1.82, 2.24) is 19.5 Å². The van der Waals surface area contributed by atoms with E-state index in [2.05, 4.69) is 15.0 Å². The van der Waals surface area contributed by atoms with E-state index >= 15 is 0 Å². The molecule has 0 unspecified atom stereocenters. The van der Waals surface area contributed by atoms with Crippen LogP contribution in [0.1, 0.15) is 12.8 Å². The molecule has 2 aromatic heterocycles. The summed E-state index contributed by atoms with van der Waals surface area (Å²) >= 11 is 1.54. The summed E-state index contributed by atoms with van der Waals surface area (Å²) in [6.45, 7) is 4.34. The van der Waals surface area contributed by atoms with Gasteiger partial charge in [-0.3, -0.25) is 4.79 Å². The van der Waals surface area contributed by atoms with Crippen LogP contribution in [-0.4, -0.2) is 64.8 Å². The number of aromatic nitrogens is 3. The van der Waals surface area contributed by atoms with Crippen LogP contribution in [0.25, 0.3) is 16.2 Å². The number of ether oxygens (including phenoxy) is 1. The molecule has 2 fully saturated rings. The zero-order valence-corrected chi connectivity index (χ0v) is 16.8. The van der Waals surface area contributed by atoms with E-state index < -0.39 is 0 Å². The zero-order chi connectivity index (χ0) is 19.8. The molecule has 0 aliphatic carbocycles. The molecule has 0 N–H and O–H groups in total. The van der Waals surface area contributed by atoms with Crippen LogP contribution in [-0.2, 0) is 9.53 Å². The van der Waals surface area contributed by atoms with E-state index in [0.29, 0.717) is 26.3 Å². The molecule has 4 heterocycles. The van der Waals surface area contributed by atoms with Crippen LogP contribution in [0.15, 0.2) is 30.5 Å². The smallest absolute Gasteiger partial charge is 0.225 e. The summed E-state index contributed by atoms with van der Waals surface area (Å²) in [7, 11) is 0. The van der Waals surface area contributed by atoms with Gasteiger partial charge in [0.2, 0.25) is 16.0 Å². The van der Waals surface area contributed by atoms with Crippen molar-refractivity contribution in [2.24, 2.45) is 5.92 Å². The first-order valence-electron chi connectivity index (χ1n) is 9.91. The Kier molecular flexibility index (Phi) is 4.92. The molecular weight excluding hydrogens is 393 g/mol. The molecule has 0 spiro atoms. The van der Waals surface area contributed by atoms with Gasteiger partial charge in [0.05, 0.1) is 25.1 Å². The maximum atomic E-state index is 13.1. The lowest BCUT2D eigenvalue weighted by molar-refractivity contribution is -0.140. The number of piperidine rings is 1. The number of rotatable bonds is 3. The second-order valence-corrected chi connectivity index (χ2v) is 8.38. The van der Waals surface area contributed by atoms with E-state index in [1.165, 1.54) is 12.1 Å². The fourth-order valence-corrected chi connectivity index (χ4v) is 4.87. The molecule has 0 saturated carbocycles. The van der Waals surface area contributed by atoms with Crippen LogP contribution >= 0.6 is 11.3 Å². The minimum Gasteiger partial charge on any atom is -0.378 e. The van der Waals surface area contributed by atoms with Crippen molar-refractivity contribution in [1.29, 1.82) is 0 Å². The Labute approximate surface area is 171 Å². The second kappa shape index (κ2) is 7.72. The first-order valence-corrected chi connectivity index (χ1v) is 10.7. The number of imidazole rings is 1. The van der Waals surface area contributed by atoms with Gasteiger partial charge < -0.3 is 14.5 Å². The Bertz CT molecular complexity index is 972.